The number of rotatable bonds is 3. The van der Waals surface area contributed by atoms with Gasteiger partial charge >= 0.3 is 0 Å². The largest absolute Gasteiger partial charge is 0.454 e. The van der Waals surface area contributed by atoms with Gasteiger partial charge in [0.15, 0.2) is 11.5 Å². The predicted molar refractivity (Wildman–Crippen MR) is 84.9 cm³/mol. The fourth-order valence-corrected chi connectivity index (χ4v) is 2.82. The van der Waals surface area contributed by atoms with Gasteiger partial charge in [0.05, 0.1) is 6.04 Å². The number of ether oxygens (including phenoxy) is 2. The van der Waals surface area contributed by atoms with Gasteiger partial charge in [0.2, 0.25) is 6.79 Å². The normalized spacial score (nSPS) is 13.8. The second-order valence-corrected chi connectivity index (χ2v) is 5.77. The Kier molecular flexibility index (Phi) is 4.14. The molecule has 0 radical (unpaired) electrons. The van der Waals surface area contributed by atoms with Gasteiger partial charge in [0.25, 0.3) is 5.91 Å². The van der Waals surface area contributed by atoms with E-state index >= 15 is 0 Å². The molecule has 1 atom stereocenters. The molecule has 1 heterocycles. The van der Waals surface area contributed by atoms with E-state index in [1.807, 2.05) is 6.92 Å². The molecule has 0 unspecified atom stereocenters. The van der Waals surface area contributed by atoms with Gasteiger partial charge in [-0.3, -0.25) is 4.79 Å². The molecule has 1 N–H and O–H groups in total. The molecule has 0 bridgehead atoms. The quantitative estimate of drug-likeness (QED) is 0.912. The van der Waals surface area contributed by atoms with Crippen LogP contribution >= 0.6 is 23.2 Å². The van der Waals surface area contributed by atoms with E-state index in [2.05, 4.69) is 5.32 Å². The summed E-state index contributed by atoms with van der Waals surface area (Å²) >= 11 is 12.0. The summed E-state index contributed by atoms with van der Waals surface area (Å²) in [6.07, 6.45) is 0. The maximum atomic E-state index is 12.3. The highest BCUT2D eigenvalue weighted by Crippen LogP contribution is 2.33. The van der Waals surface area contributed by atoms with Crippen molar-refractivity contribution in [1.29, 1.82) is 0 Å². The van der Waals surface area contributed by atoms with Gasteiger partial charge in [0, 0.05) is 15.6 Å². The van der Waals surface area contributed by atoms with E-state index in [4.69, 9.17) is 32.7 Å². The lowest BCUT2D eigenvalue weighted by atomic mass is 10.1. The lowest BCUT2D eigenvalue weighted by Gasteiger charge is -2.16. The van der Waals surface area contributed by atoms with E-state index < -0.39 is 0 Å². The van der Waals surface area contributed by atoms with Crippen LogP contribution in [0.5, 0.6) is 11.5 Å². The van der Waals surface area contributed by atoms with Crippen LogP contribution in [0.15, 0.2) is 36.4 Å². The summed E-state index contributed by atoms with van der Waals surface area (Å²) in [5.41, 5.74) is 1.31. The van der Waals surface area contributed by atoms with Gasteiger partial charge in [-0.2, -0.15) is 0 Å². The van der Waals surface area contributed by atoms with Gasteiger partial charge in [0.1, 0.15) is 0 Å². The molecule has 2 aromatic rings. The molecule has 4 nitrogen and oxygen atoms in total. The first-order chi connectivity index (χ1) is 10.5. The van der Waals surface area contributed by atoms with E-state index in [1.165, 1.54) is 0 Å². The topological polar surface area (TPSA) is 47.6 Å². The molecule has 6 heteroatoms. The summed E-state index contributed by atoms with van der Waals surface area (Å²) in [4.78, 5) is 12.3. The smallest absolute Gasteiger partial charge is 0.251 e. The molecule has 0 aromatic heterocycles. The van der Waals surface area contributed by atoms with Crippen molar-refractivity contribution in [3.8, 4) is 11.5 Å². The van der Waals surface area contributed by atoms with E-state index in [0.29, 0.717) is 27.1 Å². The average Bonchev–Trinajstić information content (AvgIpc) is 2.94. The highest BCUT2D eigenvalue weighted by atomic mass is 35.5. The zero-order valence-electron chi connectivity index (χ0n) is 11.7. The van der Waals surface area contributed by atoms with E-state index in [-0.39, 0.29) is 18.7 Å². The Morgan fingerprint density at radius 2 is 1.91 bits per heavy atom. The van der Waals surface area contributed by atoms with Crippen LogP contribution in [0.4, 0.5) is 0 Å². The minimum absolute atomic E-state index is 0.178. The van der Waals surface area contributed by atoms with Gasteiger partial charge in [-0.05, 0) is 42.8 Å². The zero-order valence-corrected chi connectivity index (χ0v) is 13.2. The molecule has 0 fully saturated rings. The van der Waals surface area contributed by atoms with Gasteiger partial charge in [-0.1, -0.05) is 29.3 Å². The van der Waals surface area contributed by atoms with Crippen LogP contribution in [0.3, 0.4) is 0 Å². The molecule has 1 aliphatic rings. The Morgan fingerprint density at radius 1 is 1.14 bits per heavy atom. The zero-order chi connectivity index (χ0) is 15.7. The average molecular weight is 338 g/mol. The summed E-state index contributed by atoms with van der Waals surface area (Å²) in [6, 6.07) is 10.0. The number of halogens is 2. The van der Waals surface area contributed by atoms with Crippen molar-refractivity contribution < 1.29 is 14.3 Å². The highest BCUT2D eigenvalue weighted by molar-refractivity contribution is 6.35. The maximum absolute atomic E-state index is 12.3. The van der Waals surface area contributed by atoms with Crippen molar-refractivity contribution in [3.63, 3.8) is 0 Å². The first-order valence-electron chi connectivity index (χ1n) is 6.70. The van der Waals surface area contributed by atoms with E-state index in [0.717, 1.165) is 5.56 Å². The van der Waals surface area contributed by atoms with Gasteiger partial charge in [-0.15, -0.1) is 0 Å². The van der Waals surface area contributed by atoms with Crippen LogP contribution in [0.1, 0.15) is 28.9 Å². The number of carbonyl (C=O) groups is 1. The molecule has 1 amide bonds. The molecule has 0 saturated carbocycles. The van der Waals surface area contributed by atoms with Crippen molar-refractivity contribution in [2.24, 2.45) is 0 Å². The number of nitrogens with one attached hydrogen (secondary N) is 1. The van der Waals surface area contributed by atoms with Crippen LogP contribution < -0.4 is 14.8 Å². The number of carbonyl (C=O) groups excluding carboxylic acids is 1. The summed E-state index contributed by atoms with van der Waals surface area (Å²) in [6.45, 7) is 2.04. The fraction of sp³-hybridized carbons (Fsp3) is 0.188. The summed E-state index contributed by atoms with van der Waals surface area (Å²) < 4.78 is 10.5. The Labute approximate surface area is 137 Å². The third kappa shape index (κ3) is 2.98. The van der Waals surface area contributed by atoms with Crippen LogP contribution in [-0.2, 0) is 0 Å². The third-order valence-corrected chi connectivity index (χ3v) is 3.97. The Morgan fingerprint density at radius 3 is 2.68 bits per heavy atom. The number of amides is 1. The monoisotopic (exact) mass is 337 g/mol. The summed E-state index contributed by atoms with van der Waals surface area (Å²) in [7, 11) is 0. The number of hydrogen-bond acceptors (Lipinski definition) is 3. The standard InChI is InChI=1S/C16H13Cl2NO3/c1-9(12-4-3-11(17)7-13(12)18)19-16(20)10-2-5-14-15(6-10)22-8-21-14/h2-7,9H,8H2,1H3,(H,19,20)/t9-/m0/s1. The van der Waals surface area contributed by atoms with Crippen LogP contribution in [0.25, 0.3) is 0 Å². The van der Waals surface area contributed by atoms with Crippen molar-refractivity contribution in [2.45, 2.75) is 13.0 Å². The molecule has 0 saturated heterocycles. The fourth-order valence-electron chi connectivity index (χ4n) is 2.25. The summed E-state index contributed by atoms with van der Waals surface area (Å²) in [5, 5.41) is 3.98. The van der Waals surface area contributed by atoms with Gasteiger partial charge in [-0.25, -0.2) is 0 Å². The molecule has 0 spiro atoms. The molecule has 2 aromatic carbocycles. The molecule has 22 heavy (non-hydrogen) atoms. The predicted octanol–water partition coefficient (Wildman–Crippen LogP) is 4.21. The minimum Gasteiger partial charge on any atom is -0.454 e. The SMILES string of the molecule is C[C@H](NC(=O)c1ccc2c(c1)OCO2)c1ccc(Cl)cc1Cl. The van der Waals surface area contributed by atoms with Crippen LogP contribution in [0, 0.1) is 0 Å². The Balaban J connectivity index is 1.76. The third-order valence-electron chi connectivity index (χ3n) is 3.41. The van der Waals surface area contributed by atoms with Crippen molar-refractivity contribution >= 4 is 29.1 Å². The molecule has 0 aliphatic carbocycles. The Bertz CT molecular complexity index is 733. The number of hydrogen-bond donors (Lipinski definition) is 1. The van der Waals surface area contributed by atoms with E-state index in [1.54, 1.807) is 36.4 Å². The number of fused-ring (bicyclic) bond motifs is 1. The second-order valence-electron chi connectivity index (χ2n) is 4.93. The Hall–Kier alpha value is -1.91. The van der Waals surface area contributed by atoms with Crippen molar-refractivity contribution in [1.82, 2.24) is 5.32 Å². The lowest BCUT2D eigenvalue weighted by Crippen LogP contribution is -2.26. The molecule has 1 aliphatic heterocycles. The van der Waals surface area contributed by atoms with Crippen molar-refractivity contribution in [3.05, 3.63) is 57.6 Å². The molecule has 114 valence electrons. The maximum Gasteiger partial charge on any atom is 0.251 e. The van der Waals surface area contributed by atoms with Crippen LogP contribution in [-0.4, -0.2) is 12.7 Å². The highest BCUT2D eigenvalue weighted by Gasteiger charge is 2.18. The number of benzene rings is 2. The molecular weight excluding hydrogens is 325 g/mol. The van der Waals surface area contributed by atoms with Crippen LogP contribution in [0.2, 0.25) is 10.0 Å². The summed E-state index contributed by atoms with van der Waals surface area (Å²) in [5.74, 6) is 1.01. The first kappa shape index (κ1) is 15.0. The first-order valence-corrected chi connectivity index (χ1v) is 7.45. The van der Waals surface area contributed by atoms with Crippen molar-refractivity contribution in [2.75, 3.05) is 6.79 Å². The molecular formula is C16H13Cl2NO3. The lowest BCUT2D eigenvalue weighted by molar-refractivity contribution is 0.0939. The van der Waals surface area contributed by atoms with E-state index in [9.17, 15) is 4.79 Å². The van der Waals surface area contributed by atoms with Gasteiger partial charge < -0.3 is 14.8 Å². The minimum atomic E-state index is -0.248. The molecule has 3 rings (SSSR count). The second kappa shape index (κ2) is 6.07.